The van der Waals surface area contributed by atoms with Crippen LogP contribution in [-0.2, 0) is 11.3 Å². The molecule has 3 rings (SSSR count). The molecule has 1 aliphatic rings. The molecule has 0 saturated carbocycles. The third kappa shape index (κ3) is 6.02. The average molecular weight is 391 g/mol. The minimum atomic E-state index is -0.0227. The fourth-order valence-electron chi connectivity index (χ4n) is 2.79. The van der Waals surface area contributed by atoms with E-state index >= 15 is 0 Å². The van der Waals surface area contributed by atoms with Crippen LogP contribution in [0, 0.1) is 0 Å². The van der Waals surface area contributed by atoms with Crippen LogP contribution in [0.25, 0.3) is 0 Å². The second kappa shape index (κ2) is 9.97. The van der Waals surface area contributed by atoms with Crippen LogP contribution in [0.5, 0.6) is 0 Å². The number of thioether (sulfide) groups is 1. The van der Waals surface area contributed by atoms with Crippen LogP contribution in [-0.4, -0.2) is 49.4 Å². The second-order valence-electron chi connectivity index (χ2n) is 6.15. The number of carbonyl (C=O) groups excluding carboxylic acids is 1. The quantitative estimate of drug-likeness (QED) is 0.578. The molecule has 1 saturated heterocycles. The number of rotatable bonds is 7. The van der Waals surface area contributed by atoms with Crippen molar-refractivity contribution in [1.82, 2.24) is 10.2 Å². The maximum atomic E-state index is 12.4. The van der Waals surface area contributed by atoms with E-state index in [9.17, 15) is 4.79 Å². The summed E-state index contributed by atoms with van der Waals surface area (Å²) in [6, 6.07) is 15.6. The van der Waals surface area contributed by atoms with Gasteiger partial charge in [-0.15, -0.1) is 11.8 Å². The van der Waals surface area contributed by atoms with Crippen molar-refractivity contribution in [1.29, 1.82) is 0 Å². The first kappa shape index (κ1) is 19.2. The zero-order valence-corrected chi connectivity index (χ0v) is 16.2. The summed E-state index contributed by atoms with van der Waals surface area (Å²) in [4.78, 5) is 15.9. The van der Waals surface area contributed by atoms with Crippen LogP contribution >= 0.6 is 23.4 Å². The number of benzene rings is 2. The van der Waals surface area contributed by atoms with Crippen molar-refractivity contribution in [2.75, 3.05) is 38.6 Å². The lowest BCUT2D eigenvalue weighted by Gasteiger charge is -2.26. The monoisotopic (exact) mass is 390 g/mol. The maximum Gasteiger partial charge on any atom is 0.251 e. The normalized spacial score (nSPS) is 15.0. The molecule has 0 spiro atoms. The van der Waals surface area contributed by atoms with Gasteiger partial charge in [-0.25, -0.2) is 0 Å². The number of nitrogens with one attached hydrogen (secondary N) is 1. The van der Waals surface area contributed by atoms with Gasteiger partial charge in [0.05, 0.1) is 13.2 Å². The molecule has 138 valence electrons. The first-order chi connectivity index (χ1) is 12.7. The van der Waals surface area contributed by atoms with Crippen LogP contribution in [0.1, 0.15) is 15.9 Å². The lowest BCUT2D eigenvalue weighted by molar-refractivity contribution is 0.0342. The fraction of sp³-hybridized carbons (Fsp3) is 0.350. The van der Waals surface area contributed by atoms with Gasteiger partial charge in [0.1, 0.15) is 0 Å². The van der Waals surface area contributed by atoms with Crippen LogP contribution in [0.3, 0.4) is 0 Å². The molecule has 0 unspecified atom stereocenters. The van der Waals surface area contributed by atoms with Crippen molar-refractivity contribution in [3.05, 3.63) is 64.7 Å². The predicted molar refractivity (Wildman–Crippen MR) is 107 cm³/mol. The maximum absolute atomic E-state index is 12.4. The van der Waals surface area contributed by atoms with Gasteiger partial charge in [-0.2, -0.15) is 0 Å². The molecule has 0 atom stereocenters. The summed E-state index contributed by atoms with van der Waals surface area (Å²) in [5.41, 5.74) is 1.88. The molecule has 1 heterocycles. The van der Waals surface area contributed by atoms with Crippen LogP contribution in [0.2, 0.25) is 5.02 Å². The van der Waals surface area contributed by atoms with E-state index in [1.807, 2.05) is 42.5 Å². The standard InChI is InChI=1S/C20H23ClN2O2S/c21-18-4-6-19(7-5-18)26-13-8-22-20(24)17-3-1-2-16(14-17)15-23-9-11-25-12-10-23/h1-7,14H,8-13,15H2,(H,22,24). The molecule has 0 aliphatic carbocycles. The van der Waals surface area contributed by atoms with E-state index in [1.54, 1.807) is 11.8 Å². The Hall–Kier alpha value is -1.53. The van der Waals surface area contributed by atoms with Gasteiger partial charge in [-0.1, -0.05) is 23.7 Å². The van der Waals surface area contributed by atoms with E-state index < -0.39 is 0 Å². The summed E-state index contributed by atoms with van der Waals surface area (Å²) in [5, 5.41) is 3.73. The Morgan fingerprint density at radius 3 is 2.69 bits per heavy atom. The summed E-state index contributed by atoms with van der Waals surface area (Å²) in [7, 11) is 0. The van der Waals surface area contributed by atoms with E-state index in [-0.39, 0.29) is 5.91 Å². The van der Waals surface area contributed by atoms with Gasteiger partial charge >= 0.3 is 0 Å². The molecule has 0 aromatic heterocycles. The lowest BCUT2D eigenvalue weighted by atomic mass is 10.1. The van der Waals surface area contributed by atoms with E-state index in [0.29, 0.717) is 12.1 Å². The Morgan fingerprint density at radius 2 is 1.92 bits per heavy atom. The minimum Gasteiger partial charge on any atom is -0.379 e. The number of ether oxygens (including phenoxy) is 1. The predicted octanol–water partition coefficient (Wildman–Crippen LogP) is 3.69. The van der Waals surface area contributed by atoms with E-state index in [1.165, 1.54) is 0 Å². The van der Waals surface area contributed by atoms with Crippen molar-refractivity contribution < 1.29 is 9.53 Å². The first-order valence-corrected chi connectivity index (χ1v) is 10.1. The number of halogens is 1. The average Bonchev–Trinajstić information content (AvgIpc) is 2.67. The molecule has 4 nitrogen and oxygen atoms in total. The largest absolute Gasteiger partial charge is 0.379 e. The molecule has 2 aromatic carbocycles. The molecule has 1 N–H and O–H groups in total. The van der Waals surface area contributed by atoms with Crippen molar-refractivity contribution in [2.45, 2.75) is 11.4 Å². The highest BCUT2D eigenvalue weighted by atomic mass is 35.5. The zero-order chi connectivity index (χ0) is 18.2. The summed E-state index contributed by atoms with van der Waals surface area (Å²) in [5.74, 6) is 0.798. The van der Waals surface area contributed by atoms with Gasteiger partial charge in [0.25, 0.3) is 5.91 Å². The SMILES string of the molecule is O=C(NCCSc1ccc(Cl)cc1)c1cccc(CN2CCOCC2)c1. The number of morpholine rings is 1. The number of amides is 1. The zero-order valence-electron chi connectivity index (χ0n) is 14.6. The number of nitrogens with zero attached hydrogens (tertiary/aromatic N) is 1. The topological polar surface area (TPSA) is 41.6 Å². The summed E-state index contributed by atoms with van der Waals surface area (Å²) < 4.78 is 5.38. The molecule has 0 bridgehead atoms. The molecule has 2 aromatic rings. The van der Waals surface area contributed by atoms with Gasteiger partial charge in [-0.05, 0) is 42.0 Å². The fourth-order valence-corrected chi connectivity index (χ4v) is 3.69. The van der Waals surface area contributed by atoms with Crippen molar-refractivity contribution in [3.8, 4) is 0 Å². The molecular formula is C20H23ClN2O2S. The summed E-state index contributed by atoms with van der Waals surface area (Å²) in [6.07, 6.45) is 0. The highest BCUT2D eigenvalue weighted by molar-refractivity contribution is 7.99. The number of hydrogen-bond donors (Lipinski definition) is 1. The smallest absolute Gasteiger partial charge is 0.251 e. The van der Waals surface area contributed by atoms with Gasteiger partial charge < -0.3 is 10.1 Å². The molecule has 1 fully saturated rings. The Labute approximate surface area is 163 Å². The highest BCUT2D eigenvalue weighted by Gasteiger charge is 2.12. The Morgan fingerprint density at radius 1 is 1.15 bits per heavy atom. The number of carbonyl (C=O) groups is 1. The van der Waals surface area contributed by atoms with E-state index in [0.717, 1.165) is 54.1 Å². The Balaban J connectivity index is 1.45. The summed E-state index contributed by atoms with van der Waals surface area (Å²) >= 11 is 7.58. The van der Waals surface area contributed by atoms with Crippen molar-refractivity contribution >= 4 is 29.3 Å². The van der Waals surface area contributed by atoms with Gasteiger partial charge in [0.2, 0.25) is 0 Å². The third-order valence-corrected chi connectivity index (χ3v) is 5.43. The van der Waals surface area contributed by atoms with E-state index in [2.05, 4.69) is 16.3 Å². The van der Waals surface area contributed by atoms with Gasteiger partial charge in [0.15, 0.2) is 0 Å². The lowest BCUT2D eigenvalue weighted by Crippen LogP contribution is -2.35. The van der Waals surface area contributed by atoms with Crippen LogP contribution in [0.4, 0.5) is 0 Å². The highest BCUT2D eigenvalue weighted by Crippen LogP contribution is 2.19. The third-order valence-electron chi connectivity index (χ3n) is 4.17. The molecule has 1 amide bonds. The second-order valence-corrected chi connectivity index (χ2v) is 7.75. The van der Waals surface area contributed by atoms with Gasteiger partial charge in [-0.3, -0.25) is 9.69 Å². The summed E-state index contributed by atoms with van der Waals surface area (Å²) in [6.45, 7) is 4.93. The van der Waals surface area contributed by atoms with Crippen molar-refractivity contribution in [2.24, 2.45) is 0 Å². The van der Waals surface area contributed by atoms with Crippen LogP contribution in [0.15, 0.2) is 53.4 Å². The van der Waals surface area contributed by atoms with Gasteiger partial charge in [0, 0.05) is 47.4 Å². The molecule has 1 aliphatic heterocycles. The molecule has 6 heteroatoms. The molecule has 0 radical (unpaired) electrons. The molecule has 26 heavy (non-hydrogen) atoms. The first-order valence-electron chi connectivity index (χ1n) is 8.76. The number of hydrogen-bond acceptors (Lipinski definition) is 4. The van der Waals surface area contributed by atoms with Crippen molar-refractivity contribution in [3.63, 3.8) is 0 Å². The molecular weight excluding hydrogens is 368 g/mol. The van der Waals surface area contributed by atoms with E-state index in [4.69, 9.17) is 16.3 Å². The minimum absolute atomic E-state index is 0.0227. The Kier molecular flexibility index (Phi) is 7.38. The van der Waals surface area contributed by atoms with Crippen LogP contribution < -0.4 is 5.32 Å². The Bertz CT molecular complexity index is 718.